The van der Waals surface area contributed by atoms with E-state index in [4.69, 9.17) is 0 Å². The molecule has 41 heavy (non-hydrogen) atoms. The summed E-state index contributed by atoms with van der Waals surface area (Å²) in [6, 6.07) is 20.8. The van der Waals surface area contributed by atoms with E-state index in [9.17, 15) is 9.59 Å². The van der Waals surface area contributed by atoms with Gasteiger partial charge in [0.05, 0.1) is 5.69 Å². The van der Waals surface area contributed by atoms with Crippen molar-refractivity contribution in [3.63, 3.8) is 0 Å². The predicted octanol–water partition coefficient (Wildman–Crippen LogP) is 6.61. The lowest BCUT2D eigenvalue weighted by Gasteiger charge is -2.26. The first-order valence-electron chi connectivity index (χ1n) is 13.7. The summed E-state index contributed by atoms with van der Waals surface area (Å²) in [4.78, 5) is 40.6. The Balaban J connectivity index is 1.54. The van der Waals surface area contributed by atoms with Crippen LogP contribution in [-0.2, 0) is 17.3 Å². The quantitative estimate of drug-likeness (QED) is 0.268. The number of anilines is 1. The second kappa shape index (κ2) is 10.7. The second-order valence-corrected chi connectivity index (χ2v) is 12.4. The zero-order chi connectivity index (χ0) is 29.4. The van der Waals surface area contributed by atoms with Crippen LogP contribution in [0.15, 0.2) is 90.1 Å². The Hall–Kier alpha value is -4.65. The molecule has 1 N–H and O–H groups in total. The number of fused-ring (bicyclic) bond motifs is 1. The molecule has 0 unspecified atom stereocenters. The molecule has 0 fully saturated rings. The molecular formula is C34H35N5O2. The average Bonchev–Trinajstić information content (AvgIpc) is 2.93. The van der Waals surface area contributed by atoms with Gasteiger partial charge in [-0.1, -0.05) is 59.7 Å². The van der Waals surface area contributed by atoms with Crippen molar-refractivity contribution in [2.75, 3.05) is 5.32 Å². The van der Waals surface area contributed by atoms with Crippen LogP contribution in [-0.4, -0.2) is 25.4 Å². The number of aromatic nitrogens is 4. The highest BCUT2D eigenvalue weighted by Gasteiger charge is 2.22. The summed E-state index contributed by atoms with van der Waals surface area (Å²) in [5.74, 6) is -0.207. The maximum atomic E-state index is 13.8. The van der Waals surface area contributed by atoms with Crippen LogP contribution in [0.1, 0.15) is 74.3 Å². The van der Waals surface area contributed by atoms with Crippen LogP contribution in [0.5, 0.6) is 0 Å². The maximum Gasteiger partial charge on any atom is 0.278 e. The lowest BCUT2D eigenvalue weighted by molar-refractivity contribution is 0.102. The number of carbonyl (C=O) groups excluding carboxylic acids is 1. The third-order valence-electron chi connectivity index (χ3n) is 7.07. The maximum absolute atomic E-state index is 13.8. The van der Waals surface area contributed by atoms with Crippen molar-refractivity contribution >= 4 is 22.8 Å². The monoisotopic (exact) mass is 545 g/mol. The standard InChI is InChI=1S/C34H35N5O2/c1-33(2,3)24-17-23(18-25(19-24)34(4,5)6)31(40)37-26-11-7-12-27(20-26)39-30-28(13-9-15-36-30)38-29(32(39)41)16-22-10-8-14-35-21-22/h7-15,17-21H,16H2,1-6H3,(H,37,40). The van der Waals surface area contributed by atoms with E-state index in [1.54, 1.807) is 35.3 Å². The van der Waals surface area contributed by atoms with Gasteiger partial charge in [-0.15, -0.1) is 0 Å². The van der Waals surface area contributed by atoms with Gasteiger partial charge in [-0.2, -0.15) is 0 Å². The zero-order valence-electron chi connectivity index (χ0n) is 24.4. The minimum atomic E-state index is -0.267. The molecule has 3 heterocycles. The van der Waals surface area contributed by atoms with Gasteiger partial charge in [-0.05, 0) is 76.1 Å². The molecule has 0 aliphatic rings. The number of pyridine rings is 2. The highest BCUT2D eigenvalue weighted by Crippen LogP contribution is 2.31. The summed E-state index contributed by atoms with van der Waals surface area (Å²) in [7, 11) is 0. The van der Waals surface area contributed by atoms with Gasteiger partial charge in [0.1, 0.15) is 11.2 Å². The molecule has 0 aliphatic heterocycles. The third-order valence-corrected chi connectivity index (χ3v) is 7.07. The molecule has 5 aromatic rings. The van der Waals surface area contributed by atoms with E-state index < -0.39 is 0 Å². The van der Waals surface area contributed by atoms with Gasteiger partial charge in [-0.25, -0.2) is 9.97 Å². The Morgan fingerprint density at radius 2 is 1.56 bits per heavy atom. The van der Waals surface area contributed by atoms with Gasteiger partial charge in [-0.3, -0.25) is 19.1 Å². The molecular weight excluding hydrogens is 510 g/mol. The van der Waals surface area contributed by atoms with Gasteiger partial charge in [0.25, 0.3) is 11.5 Å². The Kier molecular flexibility index (Phi) is 7.30. The third kappa shape index (κ3) is 6.09. The molecule has 0 bridgehead atoms. The van der Waals surface area contributed by atoms with E-state index in [1.165, 1.54) is 0 Å². The predicted molar refractivity (Wildman–Crippen MR) is 164 cm³/mol. The number of benzene rings is 2. The van der Waals surface area contributed by atoms with Crippen molar-refractivity contribution < 1.29 is 4.79 Å². The zero-order valence-corrected chi connectivity index (χ0v) is 24.4. The van der Waals surface area contributed by atoms with Gasteiger partial charge in [0.2, 0.25) is 0 Å². The topological polar surface area (TPSA) is 89.8 Å². The van der Waals surface area contributed by atoms with E-state index in [2.05, 4.69) is 67.9 Å². The summed E-state index contributed by atoms with van der Waals surface area (Å²) in [5, 5.41) is 3.05. The van der Waals surface area contributed by atoms with Gasteiger partial charge in [0.15, 0.2) is 5.65 Å². The minimum Gasteiger partial charge on any atom is -0.322 e. The van der Waals surface area contributed by atoms with Crippen molar-refractivity contribution in [1.82, 2.24) is 19.5 Å². The molecule has 7 nitrogen and oxygen atoms in total. The van der Waals surface area contributed by atoms with Gasteiger partial charge < -0.3 is 5.32 Å². The Morgan fingerprint density at radius 3 is 2.22 bits per heavy atom. The van der Waals surface area contributed by atoms with Crippen molar-refractivity contribution in [2.45, 2.75) is 58.8 Å². The first-order chi connectivity index (χ1) is 19.4. The van der Waals surface area contributed by atoms with E-state index in [0.717, 1.165) is 16.7 Å². The van der Waals surface area contributed by atoms with E-state index in [-0.39, 0.29) is 22.3 Å². The number of hydrogen-bond acceptors (Lipinski definition) is 5. The Morgan fingerprint density at radius 1 is 0.854 bits per heavy atom. The van der Waals surface area contributed by atoms with Crippen LogP contribution in [0, 0.1) is 0 Å². The number of hydrogen-bond donors (Lipinski definition) is 1. The molecule has 0 saturated carbocycles. The molecule has 0 spiro atoms. The van der Waals surface area contributed by atoms with Crippen molar-refractivity contribution in [1.29, 1.82) is 0 Å². The molecule has 208 valence electrons. The summed E-state index contributed by atoms with van der Waals surface area (Å²) in [5.41, 5.74) is 5.81. The average molecular weight is 546 g/mol. The SMILES string of the molecule is CC(C)(C)c1cc(C(=O)Nc2cccc(-n3c(=O)c(Cc4cccnc4)nc4cccnc43)c2)cc(C(C)(C)C)c1. The van der Waals surface area contributed by atoms with Crippen LogP contribution in [0.4, 0.5) is 5.69 Å². The molecule has 3 aromatic heterocycles. The molecule has 2 aromatic carbocycles. The molecule has 1 amide bonds. The summed E-state index contributed by atoms with van der Waals surface area (Å²) >= 11 is 0. The number of amides is 1. The lowest BCUT2D eigenvalue weighted by Crippen LogP contribution is -2.25. The molecule has 5 rings (SSSR count). The Labute approximate surface area is 240 Å². The van der Waals surface area contributed by atoms with E-state index in [1.807, 2.05) is 48.5 Å². The highest BCUT2D eigenvalue weighted by atomic mass is 16.1. The fourth-order valence-corrected chi connectivity index (χ4v) is 4.67. The minimum absolute atomic E-state index is 0.111. The smallest absolute Gasteiger partial charge is 0.278 e. The number of rotatable bonds is 5. The van der Waals surface area contributed by atoms with Crippen molar-refractivity contribution in [3.05, 3.63) is 124 Å². The summed E-state index contributed by atoms with van der Waals surface area (Å²) in [6.45, 7) is 12.9. The van der Waals surface area contributed by atoms with Crippen molar-refractivity contribution in [3.8, 4) is 5.69 Å². The molecule has 0 saturated heterocycles. The number of carbonyl (C=O) groups is 1. The van der Waals surface area contributed by atoms with E-state index >= 15 is 0 Å². The highest BCUT2D eigenvalue weighted by molar-refractivity contribution is 6.04. The van der Waals surface area contributed by atoms with Crippen LogP contribution >= 0.6 is 0 Å². The molecule has 7 heteroatoms. The first-order valence-corrected chi connectivity index (χ1v) is 13.7. The van der Waals surface area contributed by atoms with E-state index in [0.29, 0.717) is 40.2 Å². The van der Waals surface area contributed by atoms with Crippen LogP contribution < -0.4 is 10.9 Å². The van der Waals surface area contributed by atoms with Gasteiger partial charge in [0, 0.05) is 36.3 Å². The van der Waals surface area contributed by atoms with Crippen LogP contribution in [0.3, 0.4) is 0 Å². The molecule has 0 aliphatic carbocycles. The largest absolute Gasteiger partial charge is 0.322 e. The molecule has 0 radical (unpaired) electrons. The van der Waals surface area contributed by atoms with Crippen LogP contribution in [0.25, 0.3) is 16.9 Å². The lowest BCUT2D eigenvalue weighted by atomic mass is 9.79. The Bertz CT molecular complexity index is 1760. The van der Waals surface area contributed by atoms with Gasteiger partial charge >= 0.3 is 0 Å². The normalized spacial score (nSPS) is 12.0. The first kappa shape index (κ1) is 27.9. The number of nitrogens with one attached hydrogen (secondary N) is 1. The fourth-order valence-electron chi connectivity index (χ4n) is 4.67. The van der Waals surface area contributed by atoms with Crippen molar-refractivity contribution in [2.24, 2.45) is 0 Å². The van der Waals surface area contributed by atoms with Crippen LogP contribution in [0.2, 0.25) is 0 Å². The second-order valence-electron chi connectivity index (χ2n) is 12.4. The summed E-state index contributed by atoms with van der Waals surface area (Å²) < 4.78 is 1.56. The number of nitrogens with zero attached hydrogens (tertiary/aromatic N) is 4. The summed E-state index contributed by atoms with van der Waals surface area (Å²) in [6.07, 6.45) is 5.41. The fraction of sp³-hybridized carbons (Fsp3) is 0.265. The molecule has 0 atom stereocenters.